The smallest absolute Gasteiger partial charge is 0.254 e. The quantitative estimate of drug-likeness (QED) is 0.553. The van der Waals surface area contributed by atoms with Crippen LogP contribution in [0, 0.1) is 0 Å². The Hall–Kier alpha value is -2.57. The molecule has 7 heteroatoms. The van der Waals surface area contributed by atoms with Gasteiger partial charge in [-0.2, -0.15) is 0 Å². The van der Waals surface area contributed by atoms with Gasteiger partial charge in [-0.05, 0) is 30.5 Å². The van der Waals surface area contributed by atoms with Crippen molar-refractivity contribution in [1.82, 2.24) is 15.5 Å². The van der Waals surface area contributed by atoms with Crippen LogP contribution in [0.3, 0.4) is 0 Å². The fraction of sp³-hybridized carbons (Fsp3) is 0.526. The highest BCUT2D eigenvalue weighted by atomic mass is 16.2. The topological polar surface area (TPSA) is 99.8 Å². The number of guanidine groups is 1. The van der Waals surface area contributed by atoms with Crippen molar-refractivity contribution in [2.75, 3.05) is 19.6 Å². The van der Waals surface area contributed by atoms with E-state index in [0.29, 0.717) is 37.2 Å². The van der Waals surface area contributed by atoms with Crippen molar-refractivity contribution in [3.05, 3.63) is 35.4 Å². The van der Waals surface area contributed by atoms with Gasteiger partial charge in [0.05, 0.1) is 13.1 Å². The second-order valence-electron chi connectivity index (χ2n) is 6.95. The number of carbonyl (C=O) groups is 2. The second-order valence-corrected chi connectivity index (χ2v) is 6.95. The first-order valence-electron chi connectivity index (χ1n) is 9.33. The van der Waals surface area contributed by atoms with E-state index < -0.39 is 0 Å². The van der Waals surface area contributed by atoms with Crippen molar-refractivity contribution in [2.45, 2.75) is 44.7 Å². The van der Waals surface area contributed by atoms with Gasteiger partial charge in [-0.3, -0.25) is 9.59 Å². The summed E-state index contributed by atoms with van der Waals surface area (Å²) in [7, 11) is 0. The van der Waals surface area contributed by atoms with Crippen LogP contribution in [0.1, 0.15) is 48.0 Å². The minimum absolute atomic E-state index is 0.114. The van der Waals surface area contributed by atoms with Crippen molar-refractivity contribution in [1.29, 1.82) is 0 Å². The Bertz CT molecular complexity index is 665. The first kappa shape index (κ1) is 18.2. The van der Waals surface area contributed by atoms with Crippen molar-refractivity contribution in [2.24, 2.45) is 10.7 Å². The van der Waals surface area contributed by atoms with Gasteiger partial charge in [0.15, 0.2) is 5.96 Å². The molecule has 2 aliphatic rings. The number of carbonyl (C=O) groups excluding carboxylic acids is 2. The molecule has 0 radical (unpaired) electrons. The molecule has 1 saturated heterocycles. The third-order valence-corrected chi connectivity index (χ3v) is 4.92. The van der Waals surface area contributed by atoms with Crippen molar-refractivity contribution in [3.8, 4) is 0 Å². The number of nitrogens with one attached hydrogen (secondary N) is 2. The molecular formula is C19H27N5O2. The zero-order chi connectivity index (χ0) is 18.4. The van der Waals surface area contributed by atoms with Crippen LogP contribution >= 0.6 is 0 Å². The van der Waals surface area contributed by atoms with Crippen LogP contribution in [0.4, 0.5) is 0 Å². The van der Waals surface area contributed by atoms with E-state index in [9.17, 15) is 9.59 Å². The molecule has 1 aliphatic carbocycles. The van der Waals surface area contributed by atoms with Gasteiger partial charge >= 0.3 is 0 Å². The van der Waals surface area contributed by atoms with Crippen LogP contribution in [0.2, 0.25) is 0 Å². The Labute approximate surface area is 154 Å². The van der Waals surface area contributed by atoms with Gasteiger partial charge in [-0.15, -0.1) is 0 Å². The Balaban J connectivity index is 1.52. The summed E-state index contributed by atoms with van der Waals surface area (Å²) in [5.74, 6) is 0.251. The first-order valence-corrected chi connectivity index (χ1v) is 9.33. The SMILES string of the molecule is NC(=NCc1ccc(C(=O)N2CCNC(=O)C2)cc1)NC1CCCCC1. The van der Waals surface area contributed by atoms with Gasteiger partial charge in [-0.1, -0.05) is 31.4 Å². The Kier molecular flexibility index (Phi) is 6.09. The minimum Gasteiger partial charge on any atom is -0.370 e. The lowest BCUT2D eigenvalue weighted by molar-refractivity contribution is -0.123. The molecular weight excluding hydrogens is 330 g/mol. The van der Waals surface area contributed by atoms with E-state index in [4.69, 9.17) is 5.73 Å². The fourth-order valence-corrected chi connectivity index (χ4v) is 3.43. The highest BCUT2D eigenvalue weighted by Crippen LogP contribution is 2.17. The molecule has 1 aliphatic heterocycles. The molecule has 3 rings (SSSR count). The molecule has 0 spiro atoms. The average molecular weight is 357 g/mol. The lowest BCUT2D eigenvalue weighted by Crippen LogP contribution is -2.49. The maximum Gasteiger partial charge on any atom is 0.254 e. The first-order chi connectivity index (χ1) is 12.6. The van der Waals surface area contributed by atoms with Crippen LogP contribution < -0.4 is 16.4 Å². The Morgan fingerprint density at radius 2 is 1.96 bits per heavy atom. The van der Waals surface area contributed by atoms with Crippen LogP contribution in [0.25, 0.3) is 0 Å². The van der Waals surface area contributed by atoms with Gasteiger partial charge < -0.3 is 21.3 Å². The van der Waals surface area contributed by atoms with Gasteiger partial charge in [0.25, 0.3) is 5.91 Å². The summed E-state index contributed by atoms with van der Waals surface area (Å²) in [5, 5.41) is 6.01. The van der Waals surface area contributed by atoms with Crippen LogP contribution in [0.15, 0.2) is 29.3 Å². The fourth-order valence-electron chi connectivity index (χ4n) is 3.43. The van der Waals surface area contributed by atoms with E-state index in [0.717, 1.165) is 18.4 Å². The number of aliphatic imine (C=N–C) groups is 1. The molecule has 0 atom stereocenters. The molecule has 4 N–H and O–H groups in total. The minimum atomic E-state index is -0.117. The van der Waals surface area contributed by atoms with Gasteiger partial charge in [0, 0.05) is 24.7 Å². The normalized spacial score (nSPS) is 19.2. The van der Waals surface area contributed by atoms with Gasteiger partial charge in [0.2, 0.25) is 5.91 Å². The number of amides is 2. The van der Waals surface area contributed by atoms with Crippen LogP contribution in [0.5, 0.6) is 0 Å². The second kappa shape index (κ2) is 8.69. The van der Waals surface area contributed by atoms with E-state index in [1.807, 2.05) is 12.1 Å². The van der Waals surface area contributed by atoms with E-state index >= 15 is 0 Å². The highest BCUT2D eigenvalue weighted by Gasteiger charge is 2.22. The zero-order valence-electron chi connectivity index (χ0n) is 15.0. The number of piperazine rings is 1. The number of rotatable bonds is 4. The molecule has 7 nitrogen and oxygen atoms in total. The van der Waals surface area contributed by atoms with E-state index in [1.54, 1.807) is 17.0 Å². The summed E-state index contributed by atoms with van der Waals surface area (Å²) in [6, 6.07) is 7.77. The van der Waals surface area contributed by atoms with E-state index in [-0.39, 0.29) is 18.4 Å². The molecule has 1 saturated carbocycles. The van der Waals surface area contributed by atoms with Crippen molar-refractivity contribution < 1.29 is 9.59 Å². The number of nitrogens with two attached hydrogens (primary N) is 1. The Morgan fingerprint density at radius 3 is 2.65 bits per heavy atom. The molecule has 2 amide bonds. The molecule has 26 heavy (non-hydrogen) atoms. The Morgan fingerprint density at radius 1 is 1.23 bits per heavy atom. The molecule has 1 heterocycles. The molecule has 0 aromatic heterocycles. The summed E-state index contributed by atoms with van der Waals surface area (Å²) >= 11 is 0. The van der Waals surface area contributed by atoms with Crippen LogP contribution in [-0.2, 0) is 11.3 Å². The number of hydrogen-bond acceptors (Lipinski definition) is 3. The lowest BCUT2D eigenvalue weighted by atomic mass is 9.96. The summed E-state index contributed by atoms with van der Waals surface area (Å²) < 4.78 is 0. The van der Waals surface area contributed by atoms with Gasteiger partial charge in [-0.25, -0.2) is 4.99 Å². The molecule has 1 aromatic carbocycles. The average Bonchev–Trinajstić information content (AvgIpc) is 2.67. The van der Waals surface area contributed by atoms with E-state index in [2.05, 4.69) is 15.6 Å². The maximum absolute atomic E-state index is 12.4. The number of benzene rings is 1. The predicted molar refractivity (Wildman–Crippen MR) is 101 cm³/mol. The molecule has 0 bridgehead atoms. The molecule has 0 unspecified atom stereocenters. The van der Waals surface area contributed by atoms with Crippen molar-refractivity contribution >= 4 is 17.8 Å². The molecule has 1 aromatic rings. The highest BCUT2D eigenvalue weighted by molar-refractivity contribution is 5.97. The van der Waals surface area contributed by atoms with E-state index in [1.165, 1.54) is 19.3 Å². The summed E-state index contributed by atoms with van der Waals surface area (Å²) in [6.45, 7) is 1.64. The summed E-state index contributed by atoms with van der Waals surface area (Å²) in [4.78, 5) is 29.8. The third kappa shape index (κ3) is 4.97. The lowest BCUT2D eigenvalue weighted by Gasteiger charge is -2.26. The maximum atomic E-state index is 12.4. The summed E-state index contributed by atoms with van der Waals surface area (Å²) in [6.07, 6.45) is 6.11. The molecule has 140 valence electrons. The predicted octanol–water partition coefficient (Wildman–Crippen LogP) is 0.996. The van der Waals surface area contributed by atoms with Crippen molar-refractivity contribution in [3.63, 3.8) is 0 Å². The standard InChI is InChI=1S/C19H27N5O2/c20-19(23-16-4-2-1-3-5-16)22-12-14-6-8-15(9-7-14)18(26)24-11-10-21-17(25)13-24/h6-9,16H,1-5,10-13H2,(H,21,25)(H3,20,22,23). The largest absolute Gasteiger partial charge is 0.370 e. The zero-order valence-corrected chi connectivity index (χ0v) is 15.0. The van der Waals surface area contributed by atoms with Crippen LogP contribution in [-0.4, -0.2) is 48.3 Å². The van der Waals surface area contributed by atoms with Gasteiger partial charge in [0.1, 0.15) is 0 Å². The number of hydrogen-bond donors (Lipinski definition) is 3. The monoisotopic (exact) mass is 357 g/mol. The summed E-state index contributed by atoms with van der Waals surface area (Å²) in [5.41, 5.74) is 7.56. The molecule has 2 fully saturated rings. The number of nitrogens with zero attached hydrogens (tertiary/aromatic N) is 2. The third-order valence-electron chi connectivity index (χ3n) is 4.92.